The quantitative estimate of drug-likeness (QED) is 0.631. The van der Waals surface area contributed by atoms with Crippen molar-refractivity contribution in [2.24, 2.45) is 7.05 Å². The number of likely N-dealkylation sites (tertiary alicyclic amines) is 1. The van der Waals surface area contributed by atoms with Crippen molar-refractivity contribution in [2.75, 3.05) is 25.4 Å². The van der Waals surface area contributed by atoms with Gasteiger partial charge >= 0.3 is 0 Å². The number of hydrogen-bond acceptors (Lipinski definition) is 5. The molecule has 1 aliphatic heterocycles. The fourth-order valence-electron chi connectivity index (χ4n) is 2.51. The molecule has 6 heteroatoms. The number of thioether (sulfide) groups is 1. The van der Waals surface area contributed by atoms with Gasteiger partial charge < -0.3 is 4.90 Å². The molecule has 0 aromatic carbocycles. The van der Waals surface area contributed by atoms with Crippen molar-refractivity contribution >= 4 is 22.8 Å². The van der Waals surface area contributed by atoms with Crippen LogP contribution in [0.1, 0.15) is 19.3 Å². The van der Waals surface area contributed by atoms with E-state index in [1.165, 1.54) is 32.4 Å². The minimum Gasteiger partial charge on any atom is -0.303 e. The molecule has 0 atom stereocenters. The summed E-state index contributed by atoms with van der Waals surface area (Å²) in [7, 11) is 1.91. The minimum atomic E-state index is 0.912. The van der Waals surface area contributed by atoms with Crippen LogP contribution < -0.4 is 0 Å². The van der Waals surface area contributed by atoms with Crippen LogP contribution in [0, 0.1) is 0 Å². The molecular weight excluding hydrogens is 258 g/mol. The van der Waals surface area contributed by atoms with Crippen LogP contribution in [0.15, 0.2) is 17.6 Å². The van der Waals surface area contributed by atoms with E-state index in [-0.39, 0.29) is 0 Å². The van der Waals surface area contributed by atoms with E-state index in [1.54, 1.807) is 11.0 Å². The van der Waals surface area contributed by atoms with Crippen LogP contribution in [0.3, 0.4) is 0 Å². The van der Waals surface area contributed by atoms with Gasteiger partial charge in [0.25, 0.3) is 0 Å². The third-order valence-electron chi connectivity index (χ3n) is 3.59. The summed E-state index contributed by atoms with van der Waals surface area (Å²) in [5.41, 5.74) is 0.912. The van der Waals surface area contributed by atoms with Crippen molar-refractivity contribution in [1.82, 2.24) is 24.6 Å². The van der Waals surface area contributed by atoms with Gasteiger partial charge in [0.05, 0.1) is 11.6 Å². The van der Waals surface area contributed by atoms with Gasteiger partial charge in [0.1, 0.15) is 11.4 Å². The van der Waals surface area contributed by atoms with Gasteiger partial charge in [-0.2, -0.15) is 5.10 Å². The van der Waals surface area contributed by atoms with Crippen molar-refractivity contribution in [3.8, 4) is 0 Å². The van der Waals surface area contributed by atoms with Crippen molar-refractivity contribution in [2.45, 2.75) is 24.3 Å². The van der Waals surface area contributed by atoms with Gasteiger partial charge in [-0.05, 0) is 25.9 Å². The Morgan fingerprint density at radius 3 is 2.89 bits per heavy atom. The van der Waals surface area contributed by atoms with E-state index in [1.807, 2.05) is 25.0 Å². The molecule has 2 aromatic rings. The minimum absolute atomic E-state index is 0.912. The van der Waals surface area contributed by atoms with Gasteiger partial charge in [-0.15, -0.1) is 11.8 Å². The van der Waals surface area contributed by atoms with Crippen molar-refractivity contribution in [3.63, 3.8) is 0 Å². The summed E-state index contributed by atoms with van der Waals surface area (Å²) < 4.78 is 1.80. The van der Waals surface area contributed by atoms with Gasteiger partial charge in [0, 0.05) is 19.3 Å². The van der Waals surface area contributed by atoms with Crippen molar-refractivity contribution in [3.05, 3.63) is 12.5 Å². The van der Waals surface area contributed by atoms with E-state index in [2.05, 4.69) is 20.0 Å². The molecule has 0 N–H and O–H groups in total. The van der Waals surface area contributed by atoms with Crippen LogP contribution in [-0.2, 0) is 7.05 Å². The first kappa shape index (κ1) is 12.9. The maximum atomic E-state index is 4.38. The lowest BCUT2D eigenvalue weighted by atomic mass is 10.1. The average molecular weight is 277 g/mol. The van der Waals surface area contributed by atoms with E-state index < -0.39 is 0 Å². The Bertz CT molecular complexity index is 547. The number of aromatic nitrogens is 4. The van der Waals surface area contributed by atoms with Crippen LogP contribution in [0.5, 0.6) is 0 Å². The second-order valence-corrected chi connectivity index (χ2v) is 6.02. The van der Waals surface area contributed by atoms with E-state index in [0.29, 0.717) is 0 Å². The zero-order chi connectivity index (χ0) is 13.1. The number of rotatable bonds is 4. The van der Waals surface area contributed by atoms with Crippen molar-refractivity contribution in [1.29, 1.82) is 0 Å². The molecule has 0 saturated carbocycles. The largest absolute Gasteiger partial charge is 0.303 e. The molecule has 0 bridgehead atoms. The lowest BCUT2D eigenvalue weighted by Gasteiger charge is -2.25. The number of nitrogens with zero attached hydrogens (tertiary/aromatic N) is 5. The maximum absolute atomic E-state index is 4.38. The SMILES string of the molecule is Cn1ncc2c(SCCN3CCCCC3)ncnc21. The summed E-state index contributed by atoms with van der Waals surface area (Å²) >= 11 is 1.81. The molecule has 2 aromatic heterocycles. The summed E-state index contributed by atoms with van der Waals surface area (Å²) in [6.07, 6.45) is 7.59. The molecule has 1 saturated heterocycles. The molecule has 0 unspecified atom stereocenters. The summed E-state index contributed by atoms with van der Waals surface area (Å²) in [6.45, 7) is 3.66. The zero-order valence-electron chi connectivity index (χ0n) is 11.2. The van der Waals surface area contributed by atoms with Gasteiger partial charge in [-0.1, -0.05) is 6.42 Å². The number of hydrogen-bond donors (Lipinski definition) is 0. The highest BCUT2D eigenvalue weighted by atomic mass is 32.2. The second-order valence-electron chi connectivity index (χ2n) is 4.94. The highest BCUT2D eigenvalue weighted by molar-refractivity contribution is 7.99. The lowest BCUT2D eigenvalue weighted by Crippen LogP contribution is -2.31. The molecule has 19 heavy (non-hydrogen) atoms. The highest BCUT2D eigenvalue weighted by Crippen LogP contribution is 2.24. The summed E-state index contributed by atoms with van der Waals surface area (Å²) in [6, 6.07) is 0. The van der Waals surface area contributed by atoms with Crippen LogP contribution in [0.25, 0.3) is 11.0 Å². The number of fused-ring (bicyclic) bond motifs is 1. The van der Waals surface area contributed by atoms with Crippen LogP contribution in [0.2, 0.25) is 0 Å². The second kappa shape index (κ2) is 5.88. The fraction of sp³-hybridized carbons (Fsp3) is 0.615. The lowest BCUT2D eigenvalue weighted by molar-refractivity contribution is 0.242. The molecule has 1 fully saturated rings. The molecule has 5 nitrogen and oxygen atoms in total. The Morgan fingerprint density at radius 2 is 2.05 bits per heavy atom. The van der Waals surface area contributed by atoms with Crippen LogP contribution in [-0.4, -0.2) is 50.0 Å². The average Bonchev–Trinajstić information content (AvgIpc) is 2.83. The Labute approximate surface area is 117 Å². The summed E-state index contributed by atoms with van der Waals surface area (Å²) in [5.74, 6) is 1.08. The molecule has 3 heterocycles. The Hall–Kier alpha value is -1.14. The van der Waals surface area contributed by atoms with Gasteiger partial charge in [-0.3, -0.25) is 4.68 Å². The standard InChI is InChI=1S/C13H19N5S/c1-17-12-11(9-16-17)13(15-10-14-12)19-8-7-18-5-3-2-4-6-18/h9-10H,2-8H2,1H3. The van der Waals surface area contributed by atoms with E-state index in [4.69, 9.17) is 0 Å². The van der Waals surface area contributed by atoms with E-state index in [0.717, 1.165) is 28.4 Å². The van der Waals surface area contributed by atoms with Gasteiger partial charge in [0.15, 0.2) is 5.65 Å². The zero-order valence-corrected chi connectivity index (χ0v) is 12.1. The third-order valence-corrected chi connectivity index (χ3v) is 4.57. The molecular formula is C13H19N5S. The third kappa shape index (κ3) is 2.90. The topological polar surface area (TPSA) is 46.8 Å². The Balaban J connectivity index is 1.62. The van der Waals surface area contributed by atoms with Crippen LogP contribution in [0.4, 0.5) is 0 Å². The number of piperidine rings is 1. The monoisotopic (exact) mass is 277 g/mol. The molecule has 102 valence electrons. The summed E-state index contributed by atoms with van der Waals surface area (Å²) in [4.78, 5) is 11.2. The highest BCUT2D eigenvalue weighted by Gasteiger charge is 2.11. The molecule has 0 radical (unpaired) electrons. The molecule has 1 aliphatic rings. The van der Waals surface area contributed by atoms with E-state index in [9.17, 15) is 0 Å². The molecule has 0 aliphatic carbocycles. The first-order chi connectivity index (χ1) is 9.34. The Morgan fingerprint density at radius 1 is 1.21 bits per heavy atom. The van der Waals surface area contributed by atoms with E-state index >= 15 is 0 Å². The van der Waals surface area contributed by atoms with Crippen LogP contribution >= 0.6 is 11.8 Å². The first-order valence-electron chi connectivity index (χ1n) is 6.82. The van der Waals surface area contributed by atoms with Gasteiger partial charge in [0.2, 0.25) is 0 Å². The predicted octanol–water partition coefficient (Wildman–Crippen LogP) is 1.94. The summed E-state index contributed by atoms with van der Waals surface area (Å²) in [5, 5.41) is 6.36. The first-order valence-corrected chi connectivity index (χ1v) is 7.81. The molecule has 0 spiro atoms. The van der Waals surface area contributed by atoms with Gasteiger partial charge in [-0.25, -0.2) is 9.97 Å². The molecule has 0 amide bonds. The molecule has 3 rings (SSSR count). The fourth-order valence-corrected chi connectivity index (χ4v) is 3.47. The maximum Gasteiger partial charge on any atom is 0.162 e. The predicted molar refractivity (Wildman–Crippen MR) is 77.3 cm³/mol. The smallest absolute Gasteiger partial charge is 0.162 e. The number of aryl methyl sites for hydroxylation is 1. The normalized spacial score (nSPS) is 17.1. The van der Waals surface area contributed by atoms with Crippen molar-refractivity contribution < 1.29 is 0 Å². The Kier molecular flexibility index (Phi) is 3.98.